The van der Waals surface area contributed by atoms with Crippen LogP contribution in [-0.2, 0) is 0 Å². The molecule has 3 heteroatoms. The summed E-state index contributed by atoms with van der Waals surface area (Å²) in [6.45, 7) is 3.10. The molecule has 59 valence electrons. The number of aliphatic hydroxyl groups excluding tert-OH is 1. The van der Waals surface area contributed by atoms with Crippen LogP contribution in [0.4, 0.5) is 0 Å². The van der Waals surface area contributed by atoms with Crippen LogP contribution in [0.25, 0.3) is 0 Å². The quantitative estimate of drug-likeness (QED) is 0.526. The molecule has 1 heterocycles. The molecule has 1 unspecified atom stereocenters. The van der Waals surface area contributed by atoms with Gasteiger partial charge < -0.3 is 5.11 Å². The monoisotopic (exact) mass is 143 g/mol. The number of likely N-dealkylation sites (N-methyl/N-ethyl adjacent to an activating group) is 1. The second kappa shape index (κ2) is 3.91. The maximum Gasteiger partial charge on any atom is 0.0587 e. The van der Waals surface area contributed by atoms with E-state index in [1.807, 2.05) is 7.05 Å². The summed E-state index contributed by atoms with van der Waals surface area (Å²) in [4.78, 5) is 2.18. The highest BCUT2D eigenvalue weighted by Gasteiger charge is 2.15. The van der Waals surface area contributed by atoms with Crippen molar-refractivity contribution in [3.05, 3.63) is 0 Å². The molecule has 1 fully saturated rings. The molecule has 1 atom stereocenters. The van der Waals surface area contributed by atoms with E-state index in [0.29, 0.717) is 6.04 Å². The van der Waals surface area contributed by atoms with Crippen molar-refractivity contribution in [2.45, 2.75) is 12.5 Å². The maximum absolute atomic E-state index is 8.90. The van der Waals surface area contributed by atoms with E-state index >= 15 is 0 Å². The van der Waals surface area contributed by atoms with Crippen LogP contribution in [0.1, 0.15) is 6.42 Å². The van der Waals surface area contributed by atoms with Gasteiger partial charge >= 0.3 is 0 Å². The van der Waals surface area contributed by atoms with Crippen molar-refractivity contribution in [2.75, 3.05) is 33.3 Å². The fourth-order valence-electron chi connectivity index (χ4n) is 1.21. The zero-order valence-corrected chi connectivity index (χ0v) is 6.45. The summed E-state index contributed by atoms with van der Waals surface area (Å²) < 4.78 is 0. The van der Waals surface area contributed by atoms with Crippen molar-refractivity contribution in [3.8, 4) is 0 Å². The fraction of sp³-hybridized carbons (Fsp3) is 1.00. The predicted octanol–water partition coefficient (Wildman–Crippen LogP) is -0.713. The molecule has 1 N–H and O–H groups in total. The highest BCUT2D eigenvalue weighted by Crippen LogP contribution is 2.02. The van der Waals surface area contributed by atoms with E-state index in [0.717, 1.165) is 26.1 Å². The zero-order valence-electron chi connectivity index (χ0n) is 6.45. The molecule has 1 saturated heterocycles. The fourth-order valence-corrected chi connectivity index (χ4v) is 1.21. The van der Waals surface area contributed by atoms with Gasteiger partial charge in [-0.2, -0.15) is 0 Å². The molecule has 10 heavy (non-hydrogen) atoms. The lowest BCUT2D eigenvalue weighted by Gasteiger charge is -2.22. The van der Waals surface area contributed by atoms with E-state index in [1.54, 1.807) is 0 Å². The number of aliphatic hydroxyl groups is 1. The van der Waals surface area contributed by atoms with Crippen LogP contribution in [0.2, 0.25) is 0 Å². The van der Waals surface area contributed by atoms with Gasteiger partial charge in [0.2, 0.25) is 0 Å². The van der Waals surface area contributed by atoms with Gasteiger partial charge in [-0.05, 0) is 13.5 Å². The molecule has 0 saturated carbocycles. The molecular formula is C7H15N2O. The Hall–Kier alpha value is -0.120. The molecule has 1 radical (unpaired) electrons. The third kappa shape index (κ3) is 1.94. The summed E-state index contributed by atoms with van der Waals surface area (Å²) in [5.74, 6) is 0. The lowest BCUT2D eigenvalue weighted by Crippen LogP contribution is -2.34. The first kappa shape index (κ1) is 7.98. The Morgan fingerprint density at radius 1 is 1.60 bits per heavy atom. The van der Waals surface area contributed by atoms with Gasteiger partial charge in [-0.25, -0.2) is 5.32 Å². The van der Waals surface area contributed by atoms with Crippen LogP contribution >= 0.6 is 0 Å². The molecule has 0 aromatic heterocycles. The third-order valence-corrected chi connectivity index (χ3v) is 2.07. The van der Waals surface area contributed by atoms with Crippen molar-refractivity contribution >= 4 is 0 Å². The Labute approximate surface area is 62.0 Å². The molecular weight excluding hydrogens is 128 g/mol. The minimum Gasteiger partial charge on any atom is -0.395 e. The number of nitrogens with zero attached hydrogens (tertiary/aromatic N) is 2. The minimum atomic E-state index is 0.270. The Bertz CT molecular complexity index is 97.6. The highest BCUT2D eigenvalue weighted by molar-refractivity contribution is 4.72. The van der Waals surface area contributed by atoms with E-state index in [2.05, 4.69) is 10.2 Å². The first-order valence-corrected chi connectivity index (χ1v) is 3.79. The summed E-state index contributed by atoms with van der Waals surface area (Å²) >= 11 is 0. The summed E-state index contributed by atoms with van der Waals surface area (Å²) in [5.41, 5.74) is 0. The Kier molecular flexibility index (Phi) is 3.12. The Balaban J connectivity index is 2.35. The van der Waals surface area contributed by atoms with Crippen LogP contribution in [-0.4, -0.2) is 49.3 Å². The van der Waals surface area contributed by atoms with Gasteiger partial charge in [0.25, 0.3) is 0 Å². The third-order valence-electron chi connectivity index (χ3n) is 2.07. The largest absolute Gasteiger partial charge is 0.395 e. The molecule has 1 aliphatic rings. The highest BCUT2D eigenvalue weighted by atomic mass is 16.3. The maximum atomic E-state index is 8.90. The Morgan fingerprint density at radius 3 is 3.10 bits per heavy atom. The molecule has 0 spiro atoms. The average Bonchev–Trinajstić information content (AvgIpc) is 2.13. The lowest BCUT2D eigenvalue weighted by molar-refractivity contribution is 0.152. The van der Waals surface area contributed by atoms with Crippen molar-refractivity contribution < 1.29 is 5.11 Å². The molecule has 1 rings (SSSR count). The molecule has 3 nitrogen and oxygen atoms in total. The normalized spacial score (nSPS) is 30.0. The van der Waals surface area contributed by atoms with Crippen LogP contribution in [0.5, 0.6) is 0 Å². The standard InChI is InChI=1S/C7H15N2O/c1-9-5-4-8-3-2-7(9)6-10/h7,10H,2-6H2,1H3. The van der Waals surface area contributed by atoms with Crippen LogP contribution < -0.4 is 5.32 Å². The van der Waals surface area contributed by atoms with Gasteiger partial charge in [0, 0.05) is 25.7 Å². The molecule has 1 aliphatic heterocycles. The van der Waals surface area contributed by atoms with E-state index < -0.39 is 0 Å². The average molecular weight is 143 g/mol. The van der Waals surface area contributed by atoms with Crippen LogP contribution in [0.3, 0.4) is 0 Å². The second-order valence-corrected chi connectivity index (χ2v) is 2.78. The second-order valence-electron chi connectivity index (χ2n) is 2.78. The first-order valence-electron chi connectivity index (χ1n) is 3.79. The molecule has 0 amide bonds. The van der Waals surface area contributed by atoms with Gasteiger partial charge in [-0.3, -0.25) is 4.90 Å². The van der Waals surface area contributed by atoms with Gasteiger partial charge in [0.05, 0.1) is 6.61 Å². The number of rotatable bonds is 1. The minimum absolute atomic E-state index is 0.270. The van der Waals surface area contributed by atoms with Gasteiger partial charge in [-0.15, -0.1) is 0 Å². The van der Waals surface area contributed by atoms with E-state index in [-0.39, 0.29) is 6.61 Å². The molecule has 0 bridgehead atoms. The molecule has 0 aromatic carbocycles. The Morgan fingerprint density at radius 2 is 2.40 bits per heavy atom. The topological polar surface area (TPSA) is 37.6 Å². The van der Waals surface area contributed by atoms with Gasteiger partial charge in [-0.1, -0.05) is 0 Å². The van der Waals surface area contributed by atoms with Crippen molar-refractivity contribution in [1.29, 1.82) is 0 Å². The summed E-state index contributed by atoms with van der Waals surface area (Å²) in [6, 6.07) is 0.339. The zero-order chi connectivity index (χ0) is 7.40. The smallest absolute Gasteiger partial charge is 0.0587 e. The van der Waals surface area contributed by atoms with Crippen LogP contribution in [0.15, 0.2) is 0 Å². The van der Waals surface area contributed by atoms with Crippen molar-refractivity contribution in [3.63, 3.8) is 0 Å². The number of hydrogen-bond acceptors (Lipinski definition) is 2. The summed E-state index contributed by atoms with van der Waals surface area (Å²) in [7, 11) is 2.04. The van der Waals surface area contributed by atoms with E-state index in [4.69, 9.17) is 5.11 Å². The SMILES string of the molecule is CN1CC[N]CCC1CO. The number of hydrogen-bond donors (Lipinski definition) is 1. The first-order chi connectivity index (χ1) is 4.84. The van der Waals surface area contributed by atoms with Gasteiger partial charge in [0.1, 0.15) is 0 Å². The predicted molar refractivity (Wildman–Crippen MR) is 40.0 cm³/mol. The van der Waals surface area contributed by atoms with E-state index in [1.165, 1.54) is 0 Å². The summed E-state index contributed by atoms with van der Waals surface area (Å²) in [6.07, 6.45) is 1.01. The summed E-state index contributed by atoms with van der Waals surface area (Å²) in [5, 5.41) is 13.2. The van der Waals surface area contributed by atoms with E-state index in [9.17, 15) is 0 Å². The lowest BCUT2D eigenvalue weighted by atomic mass is 10.2. The molecule has 0 aliphatic carbocycles. The van der Waals surface area contributed by atoms with Crippen molar-refractivity contribution in [1.82, 2.24) is 10.2 Å². The van der Waals surface area contributed by atoms with Crippen molar-refractivity contribution in [2.24, 2.45) is 0 Å². The molecule has 0 aromatic rings. The van der Waals surface area contributed by atoms with Crippen LogP contribution in [0, 0.1) is 0 Å². The van der Waals surface area contributed by atoms with Gasteiger partial charge in [0.15, 0.2) is 0 Å².